The molecule has 0 saturated carbocycles. The molecule has 0 aliphatic carbocycles. The van der Waals surface area contributed by atoms with Gasteiger partial charge in [-0.05, 0) is 49.2 Å². The molecule has 2 aromatic rings. The highest BCUT2D eigenvalue weighted by molar-refractivity contribution is 5.73. The number of amides is 2. The van der Waals surface area contributed by atoms with Crippen LogP contribution in [0.5, 0.6) is 11.5 Å². The first kappa shape index (κ1) is 20.5. The average Bonchev–Trinajstić information content (AvgIpc) is 2.61. The van der Waals surface area contributed by atoms with Crippen molar-refractivity contribution in [2.24, 2.45) is 0 Å². The Labute approximate surface area is 157 Å². The monoisotopic (exact) mass is 378 g/mol. The fourth-order valence-corrected chi connectivity index (χ4v) is 2.47. The van der Waals surface area contributed by atoms with Crippen molar-refractivity contribution in [2.75, 3.05) is 14.2 Å². The maximum absolute atomic E-state index is 14.0. The summed E-state index contributed by atoms with van der Waals surface area (Å²) in [5.41, 5.74) is 1.24. The molecule has 0 radical (unpaired) electrons. The van der Waals surface area contributed by atoms with Crippen LogP contribution in [-0.4, -0.2) is 31.2 Å². The van der Waals surface area contributed by atoms with Gasteiger partial charge in [0.05, 0.1) is 13.2 Å². The van der Waals surface area contributed by atoms with Crippen LogP contribution in [0.15, 0.2) is 36.4 Å². The number of methoxy groups -OCH3 is 1. The number of benzene rings is 2. The van der Waals surface area contributed by atoms with Crippen molar-refractivity contribution >= 4 is 6.03 Å². The third-order valence-corrected chi connectivity index (χ3v) is 3.79. The summed E-state index contributed by atoms with van der Waals surface area (Å²) in [6.07, 6.45) is -0.124. The van der Waals surface area contributed by atoms with Gasteiger partial charge in [-0.3, -0.25) is 0 Å². The second kappa shape index (κ2) is 9.21. The largest absolute Gasteiger partial charge is 0.494 e. The number of ether oxygens (including phenoxy) is 2. The lowest BCUT2D eigenvalue weighted by Crippen LogP contribution is -2.36. The second-order valence-electron chi connectivity index (χ2n) is 6.42. The standard InChI is InChI=1S/C20H24F2N2O3/c1-13(2)27-19-8-5-14(9-17(19)22)11-23-20(25)24(3)12-15-6-7-18(26-4)16(21)10-15/h5-10,13H,11-12H2,1-4H3,(H,23,25). The van der Waals surface area contributed by atoms with Gasteiger partial charge in [0.2, 0.25) is 0 Å². The van der Waals surface area contributed by atoms with E-state index in [1.807, 2.05) is 13.8 Å². The molecule has 0 aromatic heterocycles. The van der Waals surface area contributed by atoms with Crippen molar-refractivity contribution in [3.63, 3.8) is 0 Å². The van der Waals surface area contributed by atoms with Crippen LogP contribution in [0, 0.1) is 11.6 Å². The molecule has 2 rings (SSSR count). The van der Waals surface area contributed by atoms with Crippen molar-refractivity contribution in [2.45, 2.75) is 33.0 Å². The zero-order chi connectivity index (χ0) is 20.0. The molecular formula is C20H24F2N2O3. The Morgan fingerprint density at radius 2 is 1.67 bits per heavy atom. The third kappa shape index (κ3) is 5.84. The average molecular weight is 378 g/mol. The molecule has 0 saturated heterocycles. The van der Waals surface area contributed by atoms with E-state index >= 15 is 0 Å². The minimum Gasteiger partial charge on any atom is -0.494 e. The molecule has 7 heteroatoms. The Hall–Kier alpha value is -2.83. The molecular weight excluding hydrogens is 354 g/mol. The number of urea groups is 1. The quantitative estimate of drug-likeness (QED) is 0.789. The number of nitrogens with zero attached hydrogens (tertiary/aromatic N) is 1. The molecule has 1 N–H and O–H groups in total. The number of carbonyl (C=O) groups excluding carboxylic acids is 1. The Morgan fingerprint density at radius 3 is 2.26 bits per heavy atom. The van der Waals surface area contributed by atoms with Gasteiger partial charge in [0.15, 0.2) is 23.1 Å². The Kier molecular flexibility index (Phi) is 6.98. The normalized spacial score (nSPS) is 10.6. The lowest BCUT2D eigenvalue weighted by molar-refractivity contribution is 0.206. The summed E-state index contributed by atoms with van der Waals surface area (Å²) in [5, 5.41) is 2.70. The number of hydrogen-bond acceptors (Lipinski definition) is 3. The van der Waals surface area contributed by atoms with E-state index in [0.717, 1.165) is 0 Å². The Morgan fingerprint density at radius 1 is 1.07 bits per heavy atom. The molecule has 0 atom stereocenters. The van der Waals surface area contributed by atoms with E-state index in [1.165, 1.54) is 30.2 Å². The highest BCUT2D eigenvalue weighted by atomic mass is 19.1. The summed E-state index contributed by atoms with van der Waals surface area (Å²) in [6, 6.07) is 8.74. The van der Waals surface area contributed by atoms with Crippen LogP contribution in [-0.2, 0) is 13.1 Å². The summed E-state index contributed by atoms with van der Waals surface area (Å²) < 4.78 is 37.9. The van der Waals surface area contributed by atoms with Crippen LogP contribution in [0.1, 0.15) is 25.0 Å². The third-order valence-electron chi connectivity index (χ3n) is 3.79. The summed E-state index contributed by atoms with van der Waals surface area (Å²) in [4.78, 5) is 13.6. The van der Waals surface area contributed by atoms with Crippen molar-refractivity contribution < 1.29 is 23.0 Å². The summed E-state index contributed by atoms with van der Waals surface area (Å²) in [5.74, 6) is -0.628. The minimum absolute atomic E-state index is 0.124. The van der Waals surface area contributed by atoms with Crippen LogP contribution >= 0.6 is 0 Å². The van der Waals surface area contributed by atoms with E-state index in [9.17, 15) is 13.6 Å². The number of halogens is 2. The maximum Gasteiger partial charge on any atom is 0.317 e. The minimum atomic E-state index is -0.483. The first-order valence-electron chi connectivity index (χ1n) is 8.56. The molecule has 0 spiro atoms. The van der Waals surface area contributed by atoms with E-state index in [1.54, 1.807) is 25.2 Å². The van der Waals surface area contributed by atoms with Gasteiger partial charge in [-0.15, -0.1) is 0 Å². The van der Waals surface area contributed by atoms with E-state index in [0.29, 0.717) is 11.1 Å². The number of rotatable bonds is 7. The Balaban J connectivity index is 1.91. The molecule has 0 bridgehead atoms. The van der Waals surface area contributed by atoms with Crippen molar-refractivity contribution in [3.8, 4) is 11.5 Å². The van der Waals surface area contributed by atoms with Crippen molar-refractivity contribution in [1.29, 1.82) is 0 Å². The summed E-state index contributed by atoms with van der Waals surface area (Å²) in [6.45, 7) is 4.03. The zero-order valence-corrected chi connectivity index (χ0v) is 15.9. The van der Waals surface area contributed by atoms with Crippen LogP contribution < -0.4 is 14.8 Å². The predicted octanol–water partition coefficient (Wildman–Crippen LogP) is 4.10. The fraction of sp³-hybridized carbons (Fsp3) is 0.350. The topological polar surface area (TPSA) is 50.8 Å². The number of carbonyl (C=O) groups is 1. The maximum atomic E-state index is 14.0. The summed E-state index contributed by atoms with van der Waals surface area (Å²) >= 11 is 0. The highest BCUT2D eigenvalue weighted by Crippen LogP contribution is 2.20. The zero-order valence-electron chi connectivity index (χ0n) is 15.9. The fourth-order valence-electron chi connectivity index (χ4n) is 2.47. The summed E-state index contributed by atoms with van der Waals surface area (Å²) in [7, 11) is 2.99. The SMILES string of the molecule is COc1ccc(CN(C)C(=O)NCc2ccc(OC(C)C)c(F)c2)cc1F. The molecule has 0 aliphatic heterocycles. The van der Waals surface area contributed by atoms with Gasteiger partial charge >= 0.3 is 6.03 Å². The van der Waals surface area contributed by atoms with Gasteiger partial charge in [-0.1, -0.05) is 12.1 Å². The van der Waals surface area contributed by atoms with Crippen LogP contribution in [0.2, 0.25) is 0 Å². The first-order valence-corrected chi connectivity index (χ1v) is 8.56. The number of hydrogen-bond donors (Lipinski definition) is 1. The van der Waals surface area contributed by atoms with Crippen molar-refractivity contribution in [1.82, 2.24) is 10.2 Å². The van der Waals surface area contributed by atoms with Gasteiger partial charge in [-0.25, -0.2) is 13.6 Å². The van der Waals surface area contributed by atoms with E-state index in [-0.39, 0.29) is 36.7 Å². The van der Waals surface area contributed by atoms with Gasteiger partial charge in [0.1, 0.15) is 0 Å². The van der Waals surface area contributed by atoms with Gasteiger partial charge in [0, 0.05) is 20.1 Å². The van der Waals surface area contributed by atoms with Crippen LogP contribution in [0.4, 0.5) is 13.6 Å². The first-order chi connectivity index (χ1) is 12.8. The highest BCUT2D eigenvalue weighted by Gasteiger charge is 2.12. The molecule has 5 nitrogen and oxygen atoms in total. The molecule has 0 fully saturated rings. The second-order valence-corrected chi connectivity index (χ2v) is 6.42. The lowest BCUT2D eigenvalue weighted by atomic mass is 10.2. The molecule has 2 aromatic carbocycles. The number of nitrogens with one attached hydrogen (secondary N) is 1. The van der Waals surface area contributed by atoms with E-state index in [4.69, 9.17) is 9.47 Å². The van der Waals surface area contributed by atoms with E-state index < -0.39 is 11.6 Å². The van der Waals surface area contributed by atoms with Crippen LogP contribution in [0.25, 0.3) is 0 Å². The smallest absolute Gasteiger partial charge is 0.317 e. The van der Waals surface area contributed by atoms with Gasteiger partial charge in [-0.2, -0.15) is 0 Å². The van der Waals surface area contributed by atoms with Crippen LogP contribution in [0.3, 0.4) is 0 Å². The van der Waals surface area contributed by atoms with E-state index in [2.05, 4.69) is 5.32 Å². The lowest BCUT2D eigenvalue weighted by Gasteiger charge is -2.18. The van der Waals surface area contributed by atoms with Gasteiger partial charge in [0.25, 0.3) is 0 Å². The molecule has 0 unspecified atom stereocenters. The Bertz CT molecular complexity index is 797. The molecule has 0 aliphatic rings. The van der Waals surface area contributed by atoms with Gasteiger partial charge < -0.3 is 19.7 Å². The van der Waals surface area contributed by atoms with Crippen molar-refractivity contribution in [3.05, 3.63) is 59.2 Å². The molecule has 2 amide bonds. The molecule has 0 heterocycles. The molecule has 146 valence electrons. The predicted molar refractivity (Wildman–Crippen MR) is 98.8 cm³/mol. The molecule has 27 heavy (non-hydrogen) atoms.